The SMILES string of the molecule is O=C(Nc1ccc(S(=O)(=O)Nc2nncs2)cc1)c1csc(C(F)(F)F)c1. The number of carbonyl (C=O) groups is 1. The first-order valence-corrected chi connectivity index (χ1v) is 10.3. The van der Waals surface area contributed by atoms with Gasteiger partial charge in [0.05, 0.1) is 10.5 Å². The third kappa shape index (κ3) is 4.61. The fraction of sp³-hybridized carbons (Fsp3) is 0.0714. The van der Waals surface area contributed by atoms with Crippen molar-refractivity contribution in [2.24, 2.45) is 0 Å². The average Bonchev–Trinajstić information content (AvgIpc) is 3.25. The second-order valence-electron chi connectivity index (χ2n) is 5.03. The van der Waals surface area contributed by atoms with Crippen LogP contribution in [0.2, 0.25) is 0 Å². The molecule has 2 N–H and O–H groups in total. The molecule has 0 saturated heterocycles. The Morgan fingerprint density at radius 3 is 2.37 bits per heavy atom. The minimum atomic E-state index is -4.51. The highest BCUT2D eigenvalue weighted by molar-refractivity contribution is 7.93. The molecule has 1 amide bonds. The monoisotopic (exact) mass is 434 g/mol. The van der Waals surface area contributed by atoms with Crippen LogP contribution in [-0.4, -0.2) is 24.5 Å². The molecular weight excluding hydrogens is 425 g/mol. The number of alkyl halides is 3. The van der Waals surface area contributed by atoms with Crippen LogP contribution in [0.1, 0.15) is 15.2 Å². The molecule has 27 heavy (non-hydrogen) atoms. The standard InChI is InChI=1S/C14H9F3N4O3S3/c15-14(16,17)11-5-8(6-25-11)12(22)19-9-1-3-10(4-2-9)27(23,24)21-13-20-18-7-26-13/h1-7H,(H,19,22)(H,20,21). The third-order valence-electron chi connectivity index (χ3n) is 3.15. The molecule has 3 aromatic rings. The summed E-state index contributed by atoms with van der Waals surface area (Å²) in [6.07, 6.45) is -4.51. The predicted octanol–water partition coefficient (Wildman–Crippen LogP) is 3.67. The van der Waals surface area contributed by atoms with Gasteiger partial charge in [0.1, 0.15) is 10.4 Å². The lowest BCUT2D eigenvalue weighted by molar-refractivity contribution is -0.134. The van der Waals surface area contributed by atoms with E-state index in [1.54, 1.807) is 0 Å². The molecule has 2 heterocycles. The molecule has 0 aliphatic heterocycles. The zero-order chi connectivity index (χ0) is 19.7. The van der Waals surface area contributed by atoms with Crippen molar-refractivity contribution in [2.75, 3.05) is 10.0 Å². The summed E-state index contributed by atoms with van der Waals surface area (Å²) < 4.78 is 64.4. The van der Waals surface area contributed by atoms with Gasteiger partial charge in [-0.05, 0) is 30.3 Å². The molecule has 142 valence electrons. The first-order chi connectivity index (χ1) is 12.6. The largest absolute Gasteiger partial charge is 0.425 e. The van der Waals surface area contributed by atoms with Crippen molar-refractivity contribution in [1.82, 2.24) is 10.2 Å². The van der Waals surface area contributed by atoms with E-state index in [1.807, 2.05) is 0 Å². The Hall–Kier alpha value is -2.51. The van der Waals surface area contributed by atoms with Gasteiger partial charge in [-0.15, -0.1) is 21.5 Å². The maximum Gasteiger partial charge on any atom is 0.425 e. The van der Waals surface area contributed by atoms with E-state index in [1.165, 1.54) is 29.8 Å². The molecule has 13 heteroatoms. The number of nitrogens with one attached hydrogen (secondary N) is 2. The molecule has 0 bridgehead atoms. The van der Waals surface area contributed by atoms with E-state index >= 15 is 0 Å². The zero-order valence-electron chi connectivity index (χ0n) is 13.0. The first kappa shape index (κ1) is 19.3. The maximum absolute atomic E-state index is 12.6. The Morgan fingerprint density at radius 1 is 1.11 bits per heavy atom. The number of rotatable bonds is 5. The number of hydrogen-bond donors (Lipinski definition) is 2. The molecule has 0 fully saturated rings. The summed E-state index contributed by atoms with van der Waals surface area (Å²) in [5.41, 5.74) is 1.46. The number of halogens is 3. The molecule has 0 atom stereocenters. The summed E-state index contributed by atoms with van der Waals surface area (Å²) >= 11 is 1.43. The van der Waals surface area contributed by atoms with Crippen LogP contribution in [0.15, 0.2) is 46.1 Å². The van der Waals surface area contributed by atoms with Gasteiger partial charge in [-0.3, -0.25) is 9.52 Å². The molecule has 0 radical (unpaired) electrons. The number of sulfonamides is 1. The Bertz CT molecular complexity index is 1050. The zero-order valence-corrected chi connectivity index (χ0v) is 15.5. The number of anilines is 2. The van der Waals surface area contributed by atoms with Gasteiger partial charge in [0.2, 0.25) is 5.13 Å². The van der Waals surface area contributed by atoms with E-state index in [0.717, 1.165) is 22.8 Å². The minimum Gasteiger partial charge on any atom is -0.322 e. The molecule has 7 nitrogen and oxygen atoms in total. The fourth-order valence-corrected chi connectivity index (χ4v) is 4.37. The Kier molecular flexibility index (Phi) is 5.17. The smallest absolute Gasteiger partial charge is 0.322 e. The second-order valence-corrected chi connectivity index (χ2v) is 8.45. The minimum absolute atomic E-state index is 0.0782. The highest BCUT2D eigenvalue weighted by Crippen LogP contribution is 2.34. The molecular formula is C14H9F3N4O3S3. The van der Waals surface area contributed by atoms with Crippen molar-refractivity contribution in [2.45, 2.75) is 11.1 Å². The number of hydrogen-bond acceptors (Lipinski definition) is 7. The second kappa shape index (κ2) is 7.25. The number of amides is 1. The molecule has 3 rings (SSSR count). The third-order valence-corrected chi connectivity index (χ3v) is 6.21. The van der Waals surface area contributed by atoms with E-state index in [2.05, 4.69) is 20.2 Å². The summed E-state index contributed by atoms with van der Waals surface area (Å²) in [6, 6.07) is 5.89. The van der Waals surface area contributed by atoms with Crippen LogP contribution in [-0.2, 0) is 16.2 Å². The highest BCUT2D eigenvalue weighted by atomic mass is 32.2. The van der Waals surface area contributed by atoms with Crippen LogP contribution in [0.3, 0.4) is 0 Å². The fourth-order valence-electron chi connectivity index (χ4n) is 1.92. The van der Waals surface area contributed by atoms with Crippen LogP contribution in [0.4, 0.5) is 24.0 Å². The first-order valence-electron chi connectivity index (χ1n) is 7.01. The summed E-state index contributed by atoms with van der Waals surface area (Å²) in [5.74, 6) is -0.732. The van der Waals surface area contributed by atoms with Crippen LogP contribution in [0.25, 0.3) is 0 Å². The number of carbonyl (C=O) groups excluding carboxylic acids is 1. The van der Waals surface area contributed by atoms with E-state index in [9.17, 15) is 26.4 Å². The number of thiophene rings is 1. The molecule has 0 aliphatic rings. The van der Waals surface area contributed by atoms with Crippen LogP contribution < -0.4 is 10.0 Å². The van der Waals surface area contributed by atoms with Gasteiger partial charge in [0, 0.05) is 11.1 Å². The quantitative estimate of drug-likeness (QED) is 0.638. The van der Waals surface area contributed by atoms with Gasteiger partial charge in [-0.1, -0.05) is 11.3 Å². The molecule has 0 unspecified atom stereocenters. The summed E-state index contributed by atoms with van der Waals surface area (Å²) in [4.78, 5) is 11.1. The van der Waals surface area contributed by atoms with Crippen molar-refractivity contribution in [3.63, 3.8) is 0 Å². The lowest BCUT2D eigenvalue weighted by atomic mass is 10.2. The molecule has 0 aliphatic carbocycles. The maximum atomic E-state index is 12.6. The number of nitrogens with zero attached hydrogens (tertiary/aromatic N) is 2. The lowest BCUT2D eigenvalue weighted by Gasteiger charge is -2.07. The Balaban J connectivity index is 1.70. The Morgan fingerprint density at radius 2 is 1.81 bits per heavy atom. The topological polar surface area (TPSA) is 101 Å². The Labute approximate surface area is 158 Å². The average molecular weight is 434 g/mol. The van der Waals surface area contributed by atoms with E-state index in [0.29, 0.717) is 11.3 Å². The predicted molar refractivity (Wildman–Crippen MR) is 94.4 cm³/mol. The van der Waals surface area contributed by atoms with Gasteiger partial charge in [0.25, 0.3) is 15.9 Å². The van der Waals surface area contributed by atoms with Crippen LogP contribution >= 0.6 is 22.7 Å². The molecule has 0 saturated carbocycles. The van der Waals surface area contributed by atoms with Crippen LogP contribution in [0, 0.1) is 0 Å². The molecule has 0 spiro atoms. The van der Waals surface area contributed by atoms with Gasteiger partial charge in [-0.25, -0.2) is 8.42 Å². The molecule has 1 aromatic carbocycles. The highest BCUT2D eigenvalue weighted by Gasteiger charge is 2.33. The normalized spacial score (nSPS) is 12.0. The van der Waals surface area contributed by atoms with Gasteiger partial charge in [0.15, 0.2) is 0 Å². The van der Waals surface area contributed by atoms with Crippen molar-refractivity contribution in [3.05, 3.63) is 51.7 Å². The summed E-state index contributed by atoms with van der Waals surface area (Å²) in [7, 11) is -3.87. The van der Waals surface area contributed by atoms with Crippen molar-refractivity contribution in [1.29, 1.82) is 0 Å². The van der Waals surface area contributed by atoms with Gasteiger partial charge >= 0.3 is 6.18 Å². The number of benzene rings is 1. The van der Waals surface area contributed by atoms with Crippen molar-refractivity contribution in [3.8, 4) is 0 Å². The summed E-state index contributed by atoms with van der Waals surface area (Å²) in [6.45, 7) is 0. The van der Waals surface area contributed by atoms with E-state index in [-0.39, 0.29) is 21.3 Å². The van der Waals surface area contributed by atoms with Crippen molar-refractivity contribution >= 4 is 49.4 Å². The van der Waals surface area contributed by atoms with E-state index in [4.69, 9.17) is 0 Å². The number of aromatic nitrogens is 2. The van der Waals surface area contributed by atoms with Crippen molar-refractivity contribution < 1.29 is 26.4 Å². The molecule has 2 aromatic heterocycles. The van der Waals surface area contributed by atoms with Crippen LogP contribution in [0.5, 0.6) is 0 Å². The van der Waals surface area contributed by atoms with Gasteiger partial charge < -0.3 is 5.32 Å². The van der Waals surface area contributed by atoms with E-state index < -0.39 is 27.0 Å². The van der Waals surface area contributed by atoms with Gasteiger partial charge in [-0.2, -0.15) is 13.2 Å². The summed E-state index contributed by atoms with van der Waals surface area (Å²) in [5, 5.41) is 10.7. The lowest BCUT2D eigenvalue weighted by Crippen LogP contribution is -2.14.